The molecule has 0 bridgehead atoms. The number of benzene rings is 1. The van der Waals surface area contributed by atoms with Crippen LogP contribution in [0.4, 0.5) is 0 Å². The summed E-state index contributed by atoms with van der Waals surface area (Å²) in [6.07, 6.45) is 3.67. The predicted octanol–water partition coefficient (Wildman–Crippen LogP) is 2.47. The molecule has 0 spiro atoms. The molecule has 1 heterocycles. The van der Waals surface area contributed by atoms with Gasteiger partial charge in [0.25, 0.3) is 0 Å². The molecule has 0 atom stereocenters. The molecule has 0 unspecified atom stereocenters. The van der Waals surface area contributed by atoms with Gasteiger partial charge in [-0.3, -0.25) is 0 Å². The first-order valence-corrected chi connectivity index (χ1v) is 5.53. The van der Waals surface area contributed by atoms with E-state index in [0.29, 0.717) is 0 Å². The van der Waals surface area contributed by atoms with E-state index in [4.69, 9.17) is 4.74 Å². The van der Waals surface area contributed by atoms with Crippen molar-refractivity contribution in [1.29, 1.82) is 0 Å². The maximum Gasteiger partial charge on any atom is 0.143 e. The van der Waals surface area contributed by atoms with E-state index in [2.05, 4.69) is 18.0 Å². The third kappa shape index (κ3) is 1.25. The summed E-state index contributed by atoms with van der Waals surface area (Å²) in [4.78, 5) is 3.20. The van der Waals surface area contributed by atoms with Crippen LogP contribution in [-0.2, 0) is 5.60 Å². The lowest BCUT2D eigenvalue weighted by Gasteiger charge is -2.11. The van der Waals surface area contributed by atoms with Crippen LogP contribution in [0.2, 0.25) is 0 Å². The highest BCUT2D eigenvalue weighted by Crippen LogP contribution is 2.47. The number of aromatic nitrogens is 1. The Labute approximate surface area is 94.0 Å². The third-order valence-electron chi connectivity index (χ3n) is 3.44. The minimum atomic E-state index is -0.606. The average molecular weight is 217 g/mol. The van der Waals surface area contributed by atoms with Gasteiger partial charge in [-0.25, -0.2) is 0 Å². The molecule has 0 saturated heterocycles. The maximum atomic E-state index is 10.1. The molecule has 0 amide bonds. The van der Waals surface area contributed by atoms with Gasteiger partial charge in [-0.05, 0) is 43.0 Å². The van der Waals surface area contributed by atoms with Crippen molar-refractivity contribution < 1.29 is 9.84 Å². The minimum Gasteiger partial charge on any atom is -0.495 e. The molecular weight excluding hydrogens is 202 g/mol. The number of H-pyrrole nitrogens is 1. The van der Waals surface area contributed by atoms with Crippen molar-refractivity contribution in [2.45, 2.75) is 25.4 Å². The Balaban J connectivity index is 2.28. The Kier molecular flexibility index (Phi) is 1.83. The number of fused-ring (bicyclic) bond motifs is 1. The Hall–Kier alpha value is -1.48. The highest BCUT2D eigenvalue weighted by Gasteiger charge is 2.42. The topological polar surface area (TPSA) is 45.2 Å². The average Bonchev–Trinajstić information content (AvgIpc) is 2.93. The number of rotatable bonds is 2. The van der Waals surface area contributed by atoms with E-state index in [1.807, 2.05) is 12.3 Å². The van der Waals surface area contributed by atoms with Gasteiger partial charge in [0.15, 0.2) is 0 Å². The molecular formula is C13H15NO2. The lowest BCUT2D eigenvalue weighted by atomic mass is 10.0. The number of hydrogen-bond acceptors (Lipinski definition) is 2. The quantitative estimate of drug-likeness (QED) is 0.811. The van der Waals surface area contributed by atoms with Gasteiger partial charge in [-0.1, -0.05) is 0 Å². The fourth-order valence-electron chi connectivity index (χ4n) is 2.17. The van der Waals surface area contributed by atoms with E-state index in [9.17, 15) is 5.11 Å². The van der Waals surface area contributed by atoms with Crippen molar-refractivity contribution >= 4 is 10.9 Å². The number of hydrogen-bond donors (Lipinski definition) is 2. The first-order chi connectivity index (χ1) is 7.64. The molecule has 0 aliphatic heterocycles. The molecule has 1 aliphatic carbocycles. The van der Waals surface area contributed by atoms with E-state index in [1.165, 1.54) is 5.56 Å². The van der Waals surface area contributed by atoms with E-state index >= 15 is 0 Å². The van der Waals surface area contributed by atoms with Gasteiger partial charge in [-0.2, -0.15) is 0 Å². The molecule has 16 heavy (non-hydrogen) atoms. The van der Waals surface area contributed by atoms with Gasteiger partial charge in [0, 0.05) is 11.6 Å². The monoisotopic (exact) mass is 217 g/mol. The van der Waals surface area contributed by atoms with Gasteiger partial charge in [0.1, 0.15) is 5.75 Å². The Bertz CT molecular complexity index is 552. The minimum absolute atomic E-state index is 0.606. The third-order valence-corrected chi connectivity index (χ3v) is 3.44. The molecule has 2 aromatic rings. The van der Waals surface area contributed by atoms with Crippen molar-refractivity contribution in [3.05, 3.63) is 29.5 Å². The van der Waals surface area contributed by atoms with Crippen molar-refractivity contribution in [1.82, 2.24) is 4.98 Å². The van der Waals surface area contributed by atoms with E-state index < -0.39 is 5.60 Å². The van der Waals surface area contributed by atoms with Gasteiger partial charge in [-0.15, -0.1) is 0 Å². The van der Waals surface area contributed by atoms with Crippen molar-refractivity contribution in [2.75, 3.05) is 7.11 Å². The second-order valence-electron chi connectivity index (χ2n) is 4.60. The second-order valence-corrected chi connectivity index (χ2v) is 4.60. The highest BCUT2D eigenvalue weighted by molar-refractivity contribution is 5.89. The van der Waals surface area contributed by atoms with Crippen LogP contribution in [0.25, 0.3) is 10.9 Å². The molecule has 2 N–H and O–H groups in total. The number of nitrogens with one attached hydrogen (secondary N) is 1. The zero-order chi connectivity index (χ0) is 11.3. The van der Waals surface area contributed by atoms with Crippen molar-refractivity contribution in [3.8, 4) is 5.75 Å². The van der Waals surface area contributed by atoms with Crippen LogP contribution in [0, 0.1) is 6.92 Å². The summed E-state index contributed by atoms with van der Waals surface area (Å²) in [5.41, 5.74) is 2.55. The summed E-state index contributed by atoms with van der Waals surface area (Å²) in [5, 5.41) is 11.3. The number of aromatic amines is 1. The molecule has 3 nitrogen and oxygen atoms in total. The molecule has 3 heteroatoms. The van der Waals surface area contributed by atoms with Crippen LogP contribution in [0.5, 0.6) is 5.75 Å². The Morgan fingerprint density at radius 2 is 2.12 bits per heavy atom. The summed E-state index contributed by atoms with van der Waals surface area (Å²) >= 11 is 0. The van der Waals surface area contributed by atoms with E-state index in [0.717, 1.165) is 35.1 Å². The second kappa shape index (κ2) is 3.01. The number of methoxy groups -OCH3 is 1. The zero-order valence-electron chi connectivity index (χ0n) is 9.50. The molecule has 0 radical (unpaired) electrons. The molecule has 1 aliphatic rings. The SMILES string of the molecule is COc1cc(C2(O)CC2)cc2c(C)c[nH]c12. The standard InChI is InChI=1S/C13H15NO2/c1-8-7-14-12-10(8)5-9(6-11(12)16-2)13(15)3-4-13/h5-7,14-15H,3-4H2,1-2H3. The normalized spacial score (nSPS) is 17.7. The van der Waals surface area contributed by atoms with Gasteiger partial charge < -0.3 is 14.8 Å². The van der Waals surface area contributed by atoms with Gasteiger partial charge in [0.2, 0.25) is 0 Å². The highest BCUT2D eigenvalue weighted by atomic mass is 16.5. The molecule has 3 rings (SSSR count). The van der Waals surface area contributed by atoms with Crippen LogP contribution < -0.4 is 4.74 Å². The lowest BCUT2D eigenvalue weighted by molar-refractivity contribution is 0.151. The fourth-order valence-corrected chi connectivity index (χ4v) is 2.17. The number of aryl methyl sites for hydroxylation is 1. The van der Waals surface area contributed by atoms with Gasteiger partial charge >= 0.3 is 0 Å². The van der Waals surface area contributed by atoms with Crippen LogP contribution >= 0.6 is 0 Å². The molecule has 1 aromatic heterocycles. The summed E-state index contributed by atoms with van der Waals surface area (Å²) < 4.78 is 5.36. The Morgan fingerprint density at radius 1 is 1.38 bits per heavy atom. The number of ether oxygens (including phenoxy) is 1. The zero-order valence-corrected chi connectivity index (χ0v) is 9.50. The Morgan fingerprint density at radius 3 is 2.75 bits per heavy atom. The molecule has 84 valence electrons. The van der Waals surface area contributed by atoms with Crippen LogP contribution in [-0.4, -0.2) is 17.2 Å². The van der Waals surface area contributed by atoms with Crippen LogP contribution in [0.3, 0.4) is 0 Å². The lowest BCUT2D eigenvalue weighted by Crippen LogP contribution is -2.04. The first kappa shape index (κ1) is 9.73. The largest absolute Gasteiger partial charge is 0.495 e. The van der Waals surface area contributed by atoms with Crippen LogP contribution in [0.15, 0.2) is 18.3 Å². The summed E-state index contributed by atoms with van der Waals surface area (Å²) in [6, 6.07) is 4.00. The summed E-state index contributed by atoms with van der Waals surface area (Å²) in [5.74, 6) is 0.806. The smallest absolute Gasteiger partial charge is 0.143 e. The van der Waals surface area contributed by atoms with Crippen molar-refractivity contribution in [3.63, 3.8) is 0 Å². The van der Waals surface area contributed by atoms with Crippen LogP contribution in [0.1, 0.15) is 24.0 Å². The maximum absolute atomic E-state index is 10.1. The summed E-state index contributed by atoms with van der Waals surface area (Å²) in [6.45, 7) is 2.05. The van der Waals surface area contributed by atoms with E-state index in [1.54, 1.807) is 7.11 Å². The molecule has 1 fully saturated rings. The van der Waals surface area contributed by atoms with Gasteiger partial charge in [0.05, 0.1) is 18.2 Å². The van der Waals surface area contributed by atoms with Crippen molar-refractivity contribution in [2.24, 2.45) is 0 Å². The molecule has 1 saturated carbocycles. The summed E-state index contributed by atoms with van der Waals surface area (Å²) in [7, 11) is 1.66. The molecule has 1 aromatic carbocycles. The first-order valence-electron chi connectivity index (χ1n) is 5.53. The predicted molar refractivity (Wildman–Crippen MR) is 62.7 cm³/mol. The van der Waals surface area contributed by atoms with E-state index in [-0.39, 0.29) is 0 Å². The number of aliphatic hydroxyl groups is 1. The fraction of sp³-hybridized carbons (Fsp3) is 0.385.